The van der Waals surface area contributed by atoms with Gasteiger partial charge < -0.3 is 4.90 Å². The highest BCUT2D eigenvalue weighted by molar-refractivity contribution is 7.91. The van der Waals surface area contributed by atoms with Gasteiger partial charge in [0.1, 0.15) is 5.75 Å². The van der Waals surface area contributed by atoms with Crippen molar-refractivity contribution in [3.63, 3.8) is 0 Å². The molecule has 9 heteroatoms. The molecule has 0 bridgehead atoms. The Labute approximate surface area is 166 Å². The maximum atomic E-state index is 12.5. The Hall–Kier alpha value is -2.23. The predicted octanol–water partition coefficient (Wildman–Crippen LogP) is 1.51. The van der Waals surface area contributed by atoms with Crippen LogP contribution >= 0.6 is 0 Å². The van der Waals surface area contributed by atoms with Gasteiger partial charge in [-0.15, -0.1) is 0 Å². The molecule has 0 saturated heterocycles. The first-order chi connectivity index (χ1) is 13.0. The van der Waals surface area contributed by atoms with Crippen LogP contribution in [0.5, 0.6) is 0 Å². The molecule has 0 unspecified atom stereocenters. The van der Waals surface area contributed by atoms with Gasteiger partial charge in [0.05, 0.1) is 10.6 Å². The zero-order chi connectivity index (χ0) is 20.9. The lowest BCUT2D eigenvalue weighted by Crippen LogP contribution is -2.32. The molecule has 2 aromatic rings. The van der Waals surface area contributed by atoms with Crippen molar-refractivity contribution in [2.45, 2.75) is 17.2 Å². The lowest BCUT2D eigenvalue weighted by Gasteiger charge is -2.17. The largest absolute Gasteiger partial charge is 0.341 e. The minimum Gasteiger partial charge on any atom is -0.341 e. The van der Waals surface area contributed by atoms with Crippen LogP contribution in [0, 0.1) is 0 Å². The molecule has 0 aromatic heterocycles. The first-order valence-electron chi connectivity index (χ1n) is 8.51. The fraction of sp³-hybridized carbons (Fsp3) is 0.316. The lowest BCUT2D eigenvalue weighted by atomic mass is 10.2. The number of sulfone groups is 1. The van der Waals surface area contributed by atoms with Crippen molar-refractivity contribution >= 4 is 25.8 Å². The summed E-state index contributed by atoms with van der Waals surface area (Å²) in [5.74, 6) is -1.56. The Kier molecular flexibility index (Phi) is 6.97. The molecule has 0 heterocycles. The summed E-state index contributed by atoms with van der Waals surface area (Å²) in [6, 6.07) is 15.0. The quantitative estimate of drug-likeness (QED) is 0.641. The molecular weight excluding hydrogens is 400 g/mol. The minimum atomic E-state index is -3.75. The Bertz CT molecular complexity index is 1030. The van der Waals surface area contributed by atoms with Crippen molar-refractivity contribution in [2.24, 2.45) is 0 Å². The number of hydrogen-bond acceptors (Lipinski definition) is 5. The smallest absolute Gasteiger partial charge is 0.242 e. The first kappa shape index (κ1) is 22.1. The number of amides is 1. The minimum absolute atomic E-state index is 0.0118. The molecule has 0 aliphatic rings. The van der Waals surface area contributed by atoms with Gasteiger partial charge in [0, 0.05) is 27.7 Å². The Morgan fingerprint density at radius 3 is 2.07 bits per heavy atom. The second-order valence-electron chi connectivity index (χ2n) is 6.70. The molecule has 0 saturated carbocycles. The van der Waals surface area contributed by atoms with Crippen LogP contribution in [0.15, 0.2) is 59.5 Å². The maximum absolute atomic E-state index is 12.5. The molecule has 2 rings (SSSR count). The average molecular weight is 425 g/mol. The number of benzene rings is 2. The highest BCUT2D eigenvalue weighted by Gasteiger charge is 2.22. The summed E-state index contributed by atoms with van der Waals surface area (Å²) in [4.78, 5) is 13.7. The zero-order valence-electron chi connectivity index (χ0n) is 16.1. The van der Waals surface area contributed by atoms with Crippen LogP contribution in [-0.2, 0) is 37.0 Å². The molecule has 0 spiro atoms. The summed E-state index contributed by atoms with van der Waals surface area (Å²) in [7, 11) is -3.06. The van der Waals surface area contributed by atoms with Gasteiger partial charge in [-0.3, -0.25) is 4.79 Å². The van der Waals surface area contributed by atoms with Crippen LogP contribution in [0.1, 0.15) is 11.1 Å². The molecule has 0 aliphatic heterocycles. The van der Waals surface area contributed by atoms with Gasteiger partial charge in [-0.25, -0.2) is 21.1 Å². The summed E-state index contributed by atoms with van der Waals surface area (Å²) in [6.45, 7) is 0.311. The molecule has 0 aliphatic carbocycles. The maximum Gasteiger partial charge on any atom is 0.242 e. The topological polar surface area (TPSA) is 91.8 Å². The number of sulfonamides is 1. The molecule has 1 amide bonds. The third-order valence-electron chi connectivity index (χ3n) is 4.10. The number of rotatable bonds is 8. The van der Waals surface area contributed by atoms with E-state index in [1.807, 2.05) is 30.3 Å². The third-order valence-corrected chi connectivity index (χ3v) is 7.37. The highest BCUT2D eigenvalue weighted by atomic mass is 32.2. The molecule has 7 nitrogen and oxygen atoms in total. The Balaban J connectivity index is 2.08. The molecule has 28 heavy (non-hydrogen) atoms. The van der Waals surface area contributed by atoms with Crippen molar-refractivity contribution < 1.29 is 21.6 Å². The summed E-state index contributed by atoms with van der Waals surface area (Å²) in [5.41, 5.74) is 1.22. The van der Waals surface area contributed by atoms with E-state index in [0.29, 0.717) is 12.1 Å². The van der Waals surface area contributed by atoms with E-state index in [9.17, 15) is 21.6 Å². The summed E-state index contributed by atoms with van der Waals surface area (Å²) in [5, 5.41) is 0. The molecule has 0 atom stereocenters. The second-order valence-corrected chi connectivity index (χ2v) is 10.9. The molecule has 0 N–H and O–H groups in total. The lowest BCUT2D eigenvalue weighted by molar-refractivity contribution is -0.127. The van der Waals surface area contributed by atoms with Crippen LogP contribution in [0.3, 0.4) is 0 Å². The monoisotopic (exact) mass is 424 g/mol. The van der Waals surface area contributed by atoms with Crippen molar-refractivity contribution in [1.29, 1.82) is 0 Å². The van der Waals surface area contributed by atoms with Gasteiger partial charge in [0.2, 0.25) is 15.9 Å². The fourth-order valence-corrected chi connectivity index (χ4v) is 4.91. The van der Waals surface area contributed by atoms with Gasteiger partial charge in [-0.1, -0.05) is 42.5 Å². The standard InChI is InChI=1S/C19H24N2O5S2/c1-20(2)28(25,26)18-11-7-10-17(12-18)14-27(23,24)15-19(22)21(3)13-16-8-5-4-6-9-16/h4-12H,13-15H2,1-3H3. The van der Waals surface area contributed by atoms with E-state index in [2.05, 4.69) is 0 Å². The van der Waals surface area contributed by atoms with E-state index >= 15 is 0 Å². The van der Waals surface area contributed by atoms with Gasteiger partial charge in [-0.05, 0) is 23.3 Å². The summed E-state index contributed by atoms with van der Waals surface area (Å²) in [6.07, 6.45) is 0. The van der Waals surface area contributed by atoms with Crippen LogP contribution in [-0.4, -0.2) is 58.8 Å². The molecular formula is C19H24N2O5S2. The second kappa shape index (κ2) is 8.85. The number of carbonyl (C=O) groups excluding carboxylic acids is 1. The van der Waals surface area contributed by atoms with E-state index < -0.39 is 37.3 Å². The zero-order valence-corrected chi connectivity index (χ0v) is 17.7. The first-order valence-corrected chi connectivity index (χ1v) is 11.8. The Morgan fingerprint density at radius 1 is 0.857 bits per heavy atom. The van der Waals surface area contributed by atoms with Gasteiger partial charge in [0.15, 0.2) is 9.84 Å². The van der Waals surface area contributed by atoms with Crippen molar-refractivity contribution in [1.82, 2.24) is 9.21 Å². The molecule has 0 fully saturated rings. The van der Waals surface area contributed by atoms with E-state index in [1.165, 1.54) is 43.3 Å². The third kappa shape index (κ3) is 5.88. The van der Waals surface area contributed by atoms with Crippen LogP contribution in [0.25, 0.3) is 0 Å². The fourth-order valence-electron chi connectivity index (χ4n) is 2.56. The number of hydrogen-bond donors (Lipinski definition) is 0. The molecule has 2 aromatic carbocycles. The Morgan fingerprint density at radius 2 is 1.46 bits per heavy atom. The van der Waals surface area contributed by atoms with Crippen LogP contribution < -0.4 is 0 Å². The van der Waals surface area contributed by atoms with Crippen molar-refractivity contribution in [2.75, 3.05) is 26.9 Å². The van der Waals surface area contributed by atoms with Crippen LogP contribution in [0.4, 0.5) is 0 Å². The molecule has 0 radical (unpaired) electrons. The van der Waals surface area contributed by atoms with E-state index in [-0.39, 0.29) is 4.90 Å². The number of nitrogens with zero attached hydrogens (tertiary/aromatic N) is 2. The van der Waals surface area contributed by atoms with E-state index in [4.69, 9.17) is 0 Å². The van der Waals surface area contributed by atoms with Gasteiger partial charge in [0.25, 0.3) is 0 Å². The van der Waals surface area contributed by atoms with Gasteiger partial charge >= 0.3 is 0 Å². The van der Waals surface area contributed by atoms with Gasteiger partial charge in [-0.2, -0.15) is 0 Å². The van der Waals surface area contributed by atoms with E-state index in [1.54, 1.807) is 7.05 Å². The van der Waals surface area contributed by atoms with E-state index in [0.717, 1.165) is 9.87 Å². The van der Waals surface area contributed by atoms with Crippen molar-refractivity contribution in [3.05, 3.63) is 65.7 Å². The normalized spacial score (nSPS) is 12.1. The summed E-state index contributed by atoms with van der Waals surface area (Å²) < 4.78 is 50.4. The number of carbonyl (C=O) groups is 1. The summed E-state index contributed by atoms with van der Waals surface area (Å²) >= 11 is 0. The highest BCUT2D eigenvalue weighted by Crippen LogP contribution is 2.17. The predicted molar refractivity (Wildman–Crippen MR) is 108 cm³/mol. The van der Waals surface area contributed by atoms with Crippen LogP contribution in [0.2, 0.25) is 0 Å². The average Bonchev–Trinajstić information content (AvgIpc) is 2.61. The molecule has 152 valence electrons. The van der Waals surface area contributed by atoms with Crippen molar-refractivity contribution in [3.8, 4) is 0 Å². The SMILES string of the molecule is CN(Cc1ccccc1)C(=O)CS(=O)(=O)Cc1cccc(S(=O)(=O)N(C)C)c1.